The lowest BCUT2D eigenvalue weighted by Crippen LogP contribution is -2.01. The number of H-pyrrole nitrogens is 1. The highest BCUT2D eigenvalue weighted by atomic mass is 16.5. The molecule has 6 nitrogen and oxygen atoms in total. The van der Waals surface area contributed by atoms with Crippen molar-refractivity contribution in [2.24, 2.45) is 0 Å². The van der Waals surface area contributed by atoms with E-state index in [9.17, 15) is 10.1 Å². The number of benzene rings is 2. The van der Waals surface area contributed by atoms with E-state index in [-0.39, 0.29) is 5.78 Å². The summed E-state index contributed by atoms with van der Waals surface area (Å²) in [5.74, 6) is 1.09. The Morgan fingerprint density at radius 2 is 1.86 bits per heavy atom. The average molecular weight is 383 g/mol. The lowest BCUT2D eigenvalue weighted by atomic mass is 9.98. The summed E-state index contributed by atoms with van der Waals surface area (Å²) in [4.78, 5) is 20.5. The van der Waals surface area contributed by atoms with Crippen molar-refractivity contribution in [2.45, 2.75) is 0 Å². The standard InChI is InChI=1S/C23H17N3O3/c1-28-17-5-3-4-14(8-17)22(27)21-13-26-23-20(21)10-16(12-25-23)19-7-6-18(29-2)9-15(19)11-24/h3-10,12-13H,1-2H3,(H,25,26). The van der Waals surface area contributed by atoms with Gasteiger partial charge in [0.25, 0.3) is 0 Å². The maximum atomic E-state index is 13.1. The van der Waals surface area contributed by atoms with Crippen LogP contribution in [0.2, 0.25) is 0 Å². The van der Waals surface area contributed by atoms with Crippen molar-refractivity contribution in [1.82, 2.24) is 9.97 Å². The van der Waals surface area contributed by atoms with E-state index in [4.69, 9.17) is 9.47 Å². The number of carbonyl (C=O) groups is 1. The van der Waals surface area contributed by atoms with Crippen LogP contribution < -0.4 is 9.47 Å². The van der Waals surface area contributed by atoms with E-state index in [2.05, 4.69) is 16.0 Å². The highest BCUT2D eigenvalue weighted by Gasteiger charge is 2.17. The first-order valence-corrected chi connectivity index (χ1v) is 8.89. The van der Waals surface area contributed by atoms with Crippen molar-refractivity contribution in [3.63, 3.8) is 0 Å². The minimum absolute atomic E-state index is 0.135. The first-order valence-electron chi connectivity index (χ1n) is 8.89. The fourth-order valence-electron chi connectivity index (χ4n) is 3.25. The predicted molar refractivity (Wildman–Crippen MR) is 109 cm³/mol. The Labute approximate surface area is 167 Å². The minimum Gasteiger partial charge on any atom is -0.497 e. The van der Waals surface area contributed by atoms with Crippen molar-refractivity contribution < 1.29 is 14.3 Å². The second-order valence-corrected chi connectivity index (χ2v) is 6.41. The molecular formula is C23H17N3O3. The molecule has 1 N–H and O–H groups in total. The Hall–Kier alpha value is -4.11. The normalized spacial score (nSPS) is 10.5. The monoisotopic (exact) mass is 383 g/mol. The van der Waals surface area contributed by atoms with Gasteiger partial charge in [-0.3, -0.25) is 4.79 Å². The van der Waals surface area contributed by atoms with Gasteiger partial charge >= 0.3 is 0 Å². The molecule has 2 heterocycles. The molecule has 0 aliphatic rings. The number of rotatable bonds is 5. The molecule has 4 aromatic rings. The van der Waals surface area contributed by atoms with E-state index in [1.807, 2.05) is 12.1 Å². The predicted octanol–water partition coefficient (Wildman–Crippen LogP) is 4.35. The molecule has 0 fully saturated rings. The third-order valence-corrected chi connectivity index (χ3v) is 4.77. The third-order valence-electron chi connectivity index (χ3n) is 4.77. The van der Waals surface area contributed by atoms with Crippen molar-refractivity contribution in [3.05, 3.63) is 77.6 Å². The van der Waals surface area contributed by atoms with Crippen LogP contribution in [0.15, 0.2) is 60.9 Å². The summed E-state index contributed by atoms with van der Waals surface area (Å²) in [6.07, 6.45) is 3.34. The lowest BCUT2D eigenvalue weighted by molar-refractivity contribution is 0.104. The topological polar surface area (TPSA) is 88.0 Å². The van der Waals surface area contributed by atoms with Crippen LogP contribution in [0.3, 0.4) is 0 Å². The number of carbonyl (C=O) groups excluding carboxylic acids is 1. The van der Waals surface area contributed by atoms with Crippen LogP contribution in [0.4, 0.5) is 0 Å². The van der Waals surface area contributed by atoms with Crippen molar-refractivity contribution in [1.29, 1.82) is 5.26 Å². The molecule has 142 valence electrons. The molecule has 29 heavy (non-hydrogen) atoms. The Balaban J connectivity index is 1.81. The van der Waals surface area contributed by atoms with Gasteiger partial charge in [0, 0.05) is 40.0 Å². The molecular weight excluding hydrogens is 366 g/mol. The van der Waals surface area contributed by atoms with Gasteiger partial charge in [0.2, 0.25) is 0 Å². The van der Waals surface area contributed by atoms with E-state index < -0.39 is 0 Å². The number of nitrogens with zero attached hydrogens (tertiary/aromatic N) is 2. The first kappa shape index (κ1) is 18.3. The van der Waals surface area contributed by atoms with Crippen molar-refractivity contribution in [3.8, 4) is 28.7 Å². The fraction of sp³-hybridized carbons (Fsp3) is 0.0870. The summed E-state index contributed by atoms with van der Waals surface area (Å²) in [7, 11) is 3.12. The van der Waals surface area contributed by atoms with Gasteiger partial charge in [-0.15, -0.1) is 0 Å². The Kier molecular flexibility index (Phi) is 4.71. The Bertz CT molecular complexity index is 1270. The molecule has 0 bridgehead atoms. The molecule has 0 unspecified atom stereocenters. The zero-order valence-electron chi connectivity index (χ0n) is 15.9. The number of hydrogen-bond acceptors (Lipinski definition) is 5. The second-order valence-electron chi connectivity index (χ2n) is 6.41. The molecule has 0 saturated heterocycles. The molecule has 0 atom stereocenters. The van der Waals surface area contributed by atoms with Crippen LogP contribution >= 0.6 is 0 Å². The summed E-state index contributed by atoms with van der Waals surface area (Å²) in [5.41, 5.74) is 3.58. The first-order chi connectivity index (χ1) is 14.1. The second kappa shape index (κ2) is 7.49. The molecule has 6 heteroatoms. The number of hydrogen-bond donors (Lipinski definition) is 1. The number of methoxy groups -OCH3 is 2. The van der Waals surface area contributed by atoms with E-state index in [0.29, 0.717) is 39.2 Å². The summed E-state index contributed by atoms with van der Waals surface area (Å²) >= 11 is 0. The number of ketones is 1. The SMILES string of the molecule is COc1cccc(C(=O)c2c[nH]c3ncc(-c4ccc(OC)cc4C#N)cc23)c1. The van der Waals surface area contributed by atoms with E-state index in [1.165, 1.54) is 0 Å². The number of aromatic nitrogens is 2. The largest absolute Gasteiger partial charge is 0.497 e. The summed E-state index contributed by atoms with van der Waals surface area (Å²) in [5, 5.41) is 10.2. The van der Waals surface area contributed by atoms with Crippen molar-refractivity contribution in [2.75, 3.05) is 14.2 Å². The van der Waals surface area contributed by atoms with Gasteiger partial charge in [0.05, 0.1) is 25.9 Å². The summed E-state index contributed by atoms with van der Waals surface area (Å²) in [6, 6.07) is 16.4. The molecule has 0 spiro atoms. The van der Waals surface area contributed by atoms with Crippen LogP contribution in [0.25, 0.3) is 22.2 Å². The number of nitriles is 1. The van der Waals surface area contributed by atoms with E-state index in [1.54, 1.807) is 63.0 Å². The maximum Gasteiger partial charge on any atom is 0.195 e. The number of nitrogens with one attached hydrogen (secondary N) is 1. The quantitative estimate of drug-likeness (QED) is 0.518. The zero-order chi connectivity index (χ0) is 20.4. The van der Waals surface area contributed by atoms with Crippen molar-refractivity contribution >= 4 is 16.8 Å². The summed E-state index contributed by atoms with van der Waals surface area (Å²) < 4.78 is 10.4. The van der Waals surface area contributed by atoms with Crippen LogP contribution in [-0.2, 0) is 0 Å². The number of ether oxygens (including phenoxy) is 2. The van der Waals surface area contributed by atoms with Crippen LogP contribution in [-0.4, -0.2) is 30.0 Å². The smallest absolute Gasteiger partial charge is 0.195 e. The number of pyridine rings is 1. The number of fused-ring (bicyclic) bond motifs is 1. The Morgan fingerprint density at radius 1 is 1.07 bits per heavy atom. The van der Waals surface area contributed by atoms with Crippen LogP contribution in [0, 0.1) is 11.3 Å². The highest BCUT2D eigenvalue weighted by Crippen LogP contribution is 2.30. The third kappa shape index (κ3) is 3.30. The highest BCUT2D eigenvalue weighted by molar-refractivity contribution is 6.16. The summed E-state index contributed by atoms with van der Waals surface area (Å²) in [6.45, 7) is 0. The lowest BCUT2D eigenvalue weighted by Gasteiger charge is -2.07. The molecule has 2 aromatic carbocycles. The molecule has 0 aliphatic heterocycles. The van der Waals surface area contributed by atoms with E-state index in [0.717, 1.165) is 11.1 Å². The van der Waals surface area contributed by atoms with Gasteiger partial charge in [0.15, 0.2) is 5.78 Å². The molecule has 0 saturated carbocycles. The van der Waals surface area contributed by atoms with Gasteiger partial charge in [-0.2, -0.15) is 5.26 Å². The molecule has 2 aromatic heterocycles. The van der Waals surface area contributed by atoms with Crippen LogP contribution in [0.1, 0.15) is 21.5 Å². The maximum absolute atomic E-state index is 13.1. The number of aromatic amines is 1. The fourth-order valence-corrected chi connectivity index (χ4v) is 3.25. The molecule has 0 aliphatic carbocycles. The van der Waals surface area contributed by atoms with Gasteiger partial charge < -0.3 is 14.5 Å². The van der Waals surface area contributed by atoms with Gasteiger partial charge in [0.1, 0.15) is 17.1 Å². The molecule has 0 amide bonds. The average Bonchev–Trinajstić information content (AvgIpc) is 3.21. The zero-order valence-corrected chi connectivity index (χ0v) is 15.9. The molecule has 0 radical (unpaired) electrons. The van der Waals surface area contributed by atoms with Gasteiger partial charge in [-0.05, 0) is 36.4 Å². The minimum atomic E-state index is -0.135. The molecule has 4 rings (SSSR count). The van der Waals surface area contributed by atoms with E-state index >= 15 is 0 Å². The Morgan fingerprint density at radius 3 is 2.62 bits per heavy atom. The van der Waals surface area contributed by atoms with Gasteiger partial charge in [-0.1, -0.05) is 12.1 Å². The van der Waals surface area contributed by atoms with Crippen LogP contribution in [0.5, 0.6) is 11.5 Å². The van der Waals surface area contributed by atoms with Gasteiger partial charge in [-0.25, -0.2) is 4.98 Å².